The Morgan fingerprint density at radius 1 is 1.58 bits per heavy atom. The molecule has 100 valence electrons. The van der Waals surface area contributed by atoms with E-state index in [-0.39, 0.29) is 12.0 Å². The zero-order valence-electron chi connectivity index (χ0n) is 10.5. The summed E-state index contributed by atoms with van der Waals surface area (Å²) in [6.07, 6.45) is 1.38. The summed E-state index contributed by atoms with van der Waals surface area (Å²) in [7, 11) is 1.61. The molecule has 5 nitrogen and oxygen atoms in total. The standard InChI is InChI=1S/C13H14N2O3S/c1-17-8-4-2-6-10-11(8)14-13(19-10)15-12(16)9-5-3-7-18-9/h2,4,6,9H,3,5,7H2,1H3,(H,14,15,16). The number of methoxy groups -OCH3 is 1. The molecule has 1 aromatic carbocycles. The summed E-state index contributed by atoms with van der Waals surface area (Å²) < 4.78 is 11.6. The van der Waals surface area contributed by atoms with E-state index >= 15 is 0 Å². The Morgan fingerprint density at radius 2 is 2.47 bits per heavy atom. The first-order chi connectivity index (χ1) is 9.28. The van der Waals surface area contributed by atoms with Crippen molar-refractivity contribution < 1.29 is 14.3 Å². The Hall–Kier alpha value is -1.66. The number of carbonyl (C=O) groups excluding carboxylic acids is 1. The molecule has 1 unspecified atom stereocenters. The van der Waals surface area contributed by atoms with Gasteiger partial charge in [-0.05, 0) is 25.0 Å². The first-order valence-electron chi connectivity index (χ1n) is 6.14. The molecule has 0 bridgehead atoms. The lowest BCUT2D eigenvalue weighted by molar-refractivity contribution is -0.124. The Balaban J connectivity index is 1.83. The third-order valence-electron chi connectivity index (χ3n) is 3.05. The molecule has 6 heteroatoms. The predicted molar refractivity (Wildman–Crippen MR) is 73.8 cm³/mol. The average Bonchev–Trinajstić information content (AvgIpc) is 3.06. The highest BCUT2D eigenvalue weighted by Crippen LogP contribution is 2.32. The van der Waals surface area contributed by atoms with Gasteiger partial charge in [-0.15, -0.1) is 0 Å². The van der Waals surface area contributed by atoms with Crippen LogP contribution in [0.4, 0.5) is 5.13 Å². The van der Waals surface area contributed by atoms with Gasteiger partial charge >= 0.3 is 0 Å². The van der Waals surface area contributed by atoms with E-state index in [2.05, 4.69) is 10.3 Å². The second-order valence-electron chi connectivity index (χ2n) is 4.32. The molecular weight excluding hydrogens is 264 g/mol. The minimum atomic E-state index is -0.339. The van der Waals surface area contributed by atoms with Gasteiger partial charge in [0.05, 0.1) is 11.8 Å². The summed E-state index contributed by atoms with van der Waals surface area (Å²) in [5.41, 5.74) is 0.776. The fraction of sp³-hybridized carbons (Fsp3) is 0.385. The molecule has 3 rings (SSSR count). The number of nitrogens with one attached hydrogen (secondary N) is 1. The minimum absolute atomic E-state index is 0.115. The van der Waals surface area contributed by atoms with E-state index in [1.807, 2.05) is 18.2 Å². The molecule has 19 heavy (non-hydrogen) atoms. The molecule has 1 atom stereocenters. The van der Waals surface area contributed by atoms with E-state index in [1.54, 1.807) is 7.11 Å². The van der Waals surface area contributed by atoms with Crippen LogP contribution < -0.4 is 10.1 Å². The van der Waals surface area contributed by atoms with Gasteiger partial charge < -0.3 is 9.47 Å². The number of para-hydroxylation sites is 1. The second-order valence-corrected chi connectivity index (χ2v) is 5.35. The summed E-state index contributed by atoms with van der Waals surface area (Å²) >= 11 is 1.44. The Bertz CT molecular complexity index is 605. The molecule has 2 aromatic rings. The Kier molecular flexibility index (Phi) is 3.35. The number of anilines is 1. The topological polar surface area (TPSA) is 60.5 Å². The maximum absolute atomic E-state index is 11.9. The van der Waals surface area contributed by atoms with Gasteiger partial charge in [0.15, 0.2) is 5.13 Å². The van der Waals surface area contributed by atoms with Crippen molar-refractivity contribution in [3.63, 3.8) is 0 Å². The van der Waals surface area contributed by atoms with Crippen LogP contribution in [0.2, 0.25) is 0 Å². The van der Waals surface area contributed by atoms with Crippen LogP contribution in [-0.4, -0.2) is 30.7 Å². The summed E-state index contributed by atoms with van der Waals surface area (Å²) in [5, 5.41) is 3.40. The number of amides is 1. The number of ether oxygens (including phenoxy) is 2. The molecule has 0 spiro atoms. The van der Waals surface area contributed by atoms with Crippen molar-refractivity contribution in [2.75, 3.05) is 19.0 Å². The quantitative estimate of drug-likeness (QED) is 0.936. The molecule has 0 radical (unpaired) electrons. The van der Waals surface area contributed by atoms with E-state index in [9.17, 15) is 4.79 Å². The zero-order valence-corrected chi connectivity index (χ0v) is 11.3. The molecule has 1 aromatic heterocycles. The van der Waals surface area contributed by atoms with Crippen LogP contribution >= 0.6 is 11.3 Å². The van der Waals surface area contributed by atoms with Crippen molar-refractivity contribution in [2.24, 2.45) is 0 Å². The smallest absolute Gasteiger partial charge is 0.255 e. The lowest BCUT2D eigenvalue weighted by Crippen LogP contribution is -2.26. The summed E-state index contributed by atoms with van der Waals surface area (Å²) in [5.74, 6) is 0.599. The molecule has 1 aliphatic rings. The molecule has 1 amide bonds. The number of aromatic nitrogens is 1. The Labute approximate surface area is 114 Å². The van der Waals surface area contributed by atoms with Crippen molar-refractivity contribution in [1.29, 1.82) is 0 Å². The van der Waals surface area contributed by atoms with Crippen LogP contribution in [-0.2, 0) is 9.53 Å². The number of nitrogens with zero attached hydrogens (tertiary/aromatic N) is 1. The maximum Gasteiger partial charge on any atom is 0.255 e. The van der Waals surface area contributed by atoms with E-state index in [0.29, 0.717) is 17.5 Å². The first kappa shape index (κ1) is 12.4. The van der Waals surface area contributed by atoms with Crippen LogP contribution in [0.3, 0.4) is 0 Å². The van der Waals surface area contributed by atoms with Crippen LogP contribution in [0.15, 0.2) is 18.2 Å². The molecule has 1 fully saturated rings. The molecular formula is C13H14N2O3S. The van der Waals surface area contributed by atoms with Gasteiger partial charge in [0.25, 0.3) is 5.91 Å². The van der Waals surface area contributed by atoms with Gasteiger partial charge in [-0.3, -0.25) is 10.1 Å². The highest BCUT2D eigenvalue weighted by Gasteiger charge is 2.24. The van der Waals surface area contributed by atoms with Crippen molar-refractivity contribution in [2.45, 2.75) is 18.9 Å². The van der Waals surface area contributed by atoms with Crippen molar-refractivity contribution in [3.05, 3.63) is 18.2 Å². The van der Waals surface area contributed by atoms with E-state index < -0.39 is 0 Å². The monoisotopic (exact) mass is 278 g/mol. The van der Waals surface area contributed by atoms with Gasteiger partial charge in [-0.1, -0.05) is 17.4 Å². The van der Waals surface area contributed by atoms with Gasteiger partial charge in [-0.25, -0.2) is 4.98 Å². The lowest BCUT2D eigenvalue weighted by Gasteiger charge is -2.07. The fourth-order valence-electron chi connectivity index (χ4n) is 2.11. The number of rotatable bonds is 3. The van der Waals surface area contributed by atoms with Crippen LogP contribution in [0.1, 0.15) is 12.8 Å². The highest BCUT2D eigenvalue weighted by atomic mass is 32.1. The number of thiazole rings is 1. The first-order valence-corrected chi connectivity index (χ1v) is 6.95. The van der Waals surface area contributed by atoms with Gasteiger partial charge in [0, 0.05) is 6.61 Å². The Morgan fingerprint density at radius 3 is 3.21 bits per heavy atom. The molecule has 1 aliphatic heterocycles. The summed E-state index contributed by atoms with van der Waals surface area (Å²) in [6, 6.07) is 5.72. The van der Waals surface area contributed by atoms with Crippen molar-refractivity contribution in [1.82, 2.24) is 4.98 Å². The second kappa shape index (κ2) is 5.14. The largest absolute Gasteiger partial charge is 0.494 e. The highest BCUT2D eigenvalue weighted by molar-refractivity contribution is 7.22. The van der Waals surface area contributed by atoms with Crippen LogP contribution in [0.5, 0.6) is 5.75 Å². The average molecular weight is 278 g/mol. The van der Waals surface area contributed by atoms with Crippen LogP contribution in [0.25, 0.3) is 10.2 Å². The zero-order chi connectivity index (χ0) is 13.2. The lowest BCUT2D eigenvalue weighted by atomic mass is 10.2. The number of fused-ring (bicyclic) bond motifs is 1. The van der Waals surface area contributed by atoms with Crippen molar-refractivity contribution in [3.8, 4) is 5.75 Å². The molecule has 1 saturated heterocycles. The predicted octanol–water partition coefficient (Wildman–Crippen LogP) is 2.42. The third kappa shape index (κ3) is 2.41. The van der Waals surface area contributed by atoms with Crippen LogP contribution in [0, 0.1) is 0 Å². The SMILES string of the molecule is COc1cccc2sc(NC(=O)C3CCCO3)nc12. The summed E-state index contributed by atoms with van der Waals surface area (Å²) in [6.45, 7) is 0.658. The van der Waals surface area contributed by atoms with E-state index in [1.165, 1.54) is 11.3 Å². The number of hydrogen-bond donors (Lipinski definition) is 1. The van der Waals surface area contributed by atoms with E-state index in [0.717, 1.165) is 23.1 Å². The maximum atomic E-state index is 11.9. The number of carbonyl (C=O) groups is 1. The fourth-order valence-corrected chi connectivity index (χ4v) is 3.00. The van der Waals surface area contributed by atoms with Gasteiger partial charge in [0.2, 0.25) is 0 Å². The van der Waals surface area contributed by atoms with E-state index in [4.69, 9.17) is 9.47 Å². The normalized spacial score (nSPS) is 18.7. The minimum Gasteiger partial charge on any atom is -0.494 e. The molecule has 0 saturated carbocycles. The van der Waals surface area contributed by atoms with Gasteiger partial charge in [-0.2, -0.15) is 0 Å². The summed E-state index contributed by atoms with van der Waals surface area (Å²) in [4.78, 5) is 16.3. The number of hydrogen-bond acceptors (Lipinski definition) is 5. The molecule has 1 N–H and O–H groups in total. The van der Waals surface area contributed by atoms with Gasteiger partial charge in [0.1, 0.15) is 17.4 Å². The molecule has 0 aliphatic carbocycles. The number of benzene rings is 1. The third-order valence-corrected chi connectivity index (χ3v) is 3.99. The van der Waals surface area contributed by atoms with Crippen molar-refractivity contribution >= 4 is 32.6 Å². The molecule has 2 heterocycles.